The molecule has 9 heteroatoms. The Balaban J connectivity index is 1.87. The molecule has 1 amide bonds. The SMILES string of the molecule is CCOc1ccccc1NC(=O)CN(CCc1ccccc1)S(=O)(=O)c1cc(Cl)ccc1Cl. The van der Waals surface area contributed by atoms with E-state index in [4.69, 9.17) is 27.9 Å². The zero-order valence-electron chi connectivity index (χ0n) is 18.0. The van der Waals surface area contributed by atoms with Gasteiger partial charge in [-0.3, -0.25) is 4.79 Å². The molecule has 0 unspecified atom stereocenters. The summed E-state index contributed by atoms with van der Waals surface area (Å²) >= 11 is 12.2. The molecular weight excluding hydrogens is 483 g/mol. The zero-order valence-corrected chi connectivity index (χ0v) is 20.3. The van der Waals surface area contributed by atoms with Crippen molar-refractivity contribution in [3.05, 3.63) is 88.4 Å². The Hall–Kier alpha value is -2.58. The number of sulfonamides is 1. The van der Waals surface area contributed by atoms with Gasteiger partial charge in [0.05, 0.1) is 23.9 Å². The molecule has 0 aliphatic carbocycles. The molecule has 0 saturated heterocycles. The molecule has 0 fully saturated rings. The Kier molecular flexibility index (Phi) is 8.74. The van der Waals surface area contributed by atoms with Gasteiger partial charge >= 0.3 is 0 Å². The van der Waals surface area contributed by atoms with Gasteiger partial charge in [0.15, 0.2) is 0 Å². The Labute approximate surface area is 204 Å². The molecule has 0 radical (unpaired) electrons. The average molecular weight is 507 g/mol. The monoisotopic (exact) mass is 506 g/mol. The topological polar surface area (TPSA) is 75.7 Å². The van der Waals surface area contributed by atoms with Crippen molar-refractivity contribution in [2.24, 2.45) is 0 Å². The number of nitrogens with one attached hydrogen (secondary N) is 1. The molecule has 0 heterocycles. The molecule has 3 aromatic rings. The van der Waals surface area contributed by atoms with Crippen molar-refractivity contribution in [2.45, 2.75) is 18.2 Å². The van der Waals surface area contributed by atoms with Crippen molar-refractivity contribution < 1.29 is 17.9 Å². The summed E-state index contributed by atoms with van der Waals surface area (Å²) in [5.74, 6) is 0.00173. The molecule has 6 nitrogen and oxygen atoms in total. The summed E-state index contributed by atoms with van der Waals surface area (Å²) in [6, 6.07) is 20.6. The minimum absolute atomic E-state index is 0.0335. The molecule has 0 aliphatic heterocycles. The van der Waals surface area contributed by atoms with E-state index in [9.17, 15) is 13.2 Å². The summed E-state index contributed by atoms with van der Waals surface area (Å²) in [5, 5.41) is 3.01. The zero-order chi connectivity index (χ0) is 23.8. The third-order valence-electron chi connectivity index (χ3n) is 4.78. The van der Waals surface area contributed by atoms with Crippen molar-refractivity contribution in [1.82, 2.24) is 4.31 Å². The van der Waals surface area contributed by atoms with Crippen molar-refractivity contribution in [2.75, 3.05) is 25.0 Å². The van der Waals surface area contributed by atoms with Crippen LogP contribution >= 0.6 is 23.2 Å². The molecule has 0 bridgehead atoms. The summed E-state index contributed by atoms with van der Waals surface area (Å²) in [5.41, 5.74) is 1.41. The number of hydrogen-bond acceptors (Lipinski definition) is 4. The molecule has 0 aliphatic rings. The second-order valence-corrected chi connectivity index (χ2v) is 9.88. The van der Waals surface area contributed by atoms with Gasteiger partial charge in [-0.2, -0.15) is 4.31 Å². The molecule has 3 rings (SSSR count). The van der Waals surface area contributed by atoms with E-state index in [1.165, 1.54) is 18.2 Å². The van der Waals surface area contributed by atoms with Gasteiger partial charge in [-0.05, 0) is 49.2 Å². The first-order valence-corrected chi connectivity index (χ1v) is 12.5. The molecule has 0 spiro atoms. The Morgan fingerprint density at radius 2 is 1.70 bits per heavy atom. The van der Waals surface area contributed by atoms with Gasteiger partial charge in [0, 0.05) is 11.6 Å². The van der Waals surface area contributed by atoms with Crippen LogP contribution in [-0.2, 0) is 21.2 Å². The van der Waals surface area contributed by atoms with Gasteiger partial charge in [0.25, 0.3) is 0 Å². The van der Waals surface area contributed by atoms with Crippen LogP contribution in [0.4, 0.5) is 5.69 Å². The molecule has 33 heavy (non-hydrogen) atoms. The maximum Gasteiger partial charge on any atom is 0.245 e. The molecule has 0 aromatic heterocycles. The van der Waals surface area contributed by atoms with Crippen LogP contribution in [0.3, 0.4) is 0 Å². The van der Waals surface area contributed by atoms with Crippen LogP contribution in [0.5, 0.6) is 5.75 Å². The fourth-order valence-electron chi connectivity index (χ4n) is 3.20. The quantitative estimate of drug-likeness (QED) is 0.406. The van der Waals surface area contributed by atoms with E-state index in [2.05, 4.69) is 5.32 Å². The third-order valence-corrected chi connectivity index (χ3v) is 7.35. The van der Waals surface area contributed by atoms with Crippen molar-refractivity contribution in [3.8, 4) is 5.75 Å². The van der Waals surface area contributed by atoms with E-state index in [1.54, 1.807) is 24.3 Å². The Morgan fingerprint density at radius 3 is 2.42 bits per heavy atom. The molecule has 3 aromatic carbocycles. The second-order valence-electron chi connectivity index (χ2n) is 7.13. The molecule has 1 N–H and O–H groups in total. The summed E-state index contributed by atoms with van der Waals surface area (Å²) in [6.07, 6.45) is 0.418. The third kappa shape index (κ3) is 6.71. The number of para-hydroxylation sites is 2. The minimum Gasteiger partial charge on any atom is -0.492 e. The van der Waals surface area contributed by atoms with Crippen molar-refractivity contribution in [3.63, 3.8) is 0 Å². The highest BCUT2D eigenvalue weighted by molar-refractivity contribution is 7.89. The van der Waals surface area contributed by atoms with Crippen LogP contribution in [0.25, 0.3) is 0 Å². The van der Waals surface area contributed by atoms with Gasteiger partial charge in [-0.25, -0.2) is 8.42 Å². The summed E-state index contributed by atoms with van der Waals surface area (Å²) < 4.78 is 33.6. The number of hydrogen-bond donors (Lipinski definition) is 1. The van der Waals surface area contributed by atoms with E-state index in [0.717, 1.165) is 9.87 Å². The Bertz CT molecular complexity index is 1200. The van der Waals surface area contributed by atoms with Crippen LogP contribution in [0.1, 0.15) is 12.5 Å². The number of carbonyl (C=O) groups is 1. The second kappa shape index (κ2) is 11.5. The standard InChI is InChI=1S/C24H24Cl2N2O4S/c1-2-32-22-11-7-6-10-21(22)27-24(29)17-28(15-14-18-8-4-3-5-9-18)33(30,31)23-16-19(25)12-13-20(23)26/h3-13,16H,2,14-15,17H2,1H3,(H,27,29). The summed E-state index contributed by atoms with van der Waals surface area (Å²) in [7, 11) is -4.11. The predicted octanol–water partition coefficient (Wildman–Crippen LogP) is 5.26. The number of halogens is 2. The lowest BCUT2D eigenvalue weighted by atomic mass is 10.1. The van der Waals surface area contributed by atoms with Gasteiger partial charge in [0.1, 0.15) is 10.6 Å². The Morgan fingerprint density at radius 1 is 1.00 bits per heavy atom. The fourth-order valence-corrected chi connectivity index (χ4v) is 5.33. The molecule has 174 valence electrons. The average Bonchev–Trinajstić information content (AvgIpc) is 2.80. The predicted molar refractivity (Wildman–Crippen MR) is 132 cm³/mol. The van der Waals surface area contributed by atoms with Gasteiger partial charge in [-0.15, -0.1) is 0 Å². The highest BCUT2D eigenvalue weighted by Gasteiger charge is 2.29. The lowest BCUT2D eigenvalue weighted by molar-refractivity contribution is -0.116. The number of benzene rings is 3. The lowest BCUT2D eigenvalue weighted by Crippen LogP contribution is -2.39. The van der Waals surface area contributed by atoms with E-state index in [-0.39, 0.29) is 21.5 Å². The normalized spacial score (nSPS) is 11.4. The van der Waals surface area contributed by atoms with Crippen LogP contribution in [0.15, 0.2) is 77.7 Å². The minimum atomic E-state index is -4.11. The maximum atomic E-state index is 13.5. The van der Waals surface area contributed by atoms with E-state index in [0.29, 0.717) is 24.5 Å². The summed E-state index contributed by atoms with van der Waals surface area (Å²) in [6.45, 7) is 1.94. The number of rotatable bonds is 10. The highest BCUT2D eigenvalue weighted by atomic mass is 35.5. The molecule has 0 atom stereocenters. The first-order valence-electron chi connectivity index (χ1n) is 10.3. The molecule has 0 saturated carbocycles. The fraction of sp³-hybridized carbons (Fsp3) is 0.208. The van der Waals surface area contributed by atoms with Crippen LogP contribution in [-0.4, -0.2) is 38.3 Å². The van der Waals surface area contributed by atoms with Crippen LogP contribution < -0.4 is 10.1 Å². The van der Waals surface area contributed by atoms with E-state index < -0.39 is 22.5 Å². The number of carbonyl (C=O) groups excluding carboxylic acids is 1. The first-order chi connectivity index (χ1) is 15.8. The van der Waals surface area contributed by atoms with E-state index >= 15 is 0 Å². The smallest absolute Gasteiger partial charge is 0.245 e. The lowest BCUT2D eigenvalue weighted by Gasteiger charge is -2.23. The molecular formula is C24H24Cl2N2O4S. The number of ether oxygens (including phenoxy) is 1. The van der Waals surface area contributed by atoms with Gasteiger partial charge in [0.2, 0.25) is 15.9 Å². The maximum absolute atomic E-state index is 13.5. The number of nitrogens with zero attached hydrogens (tertiary/aromatic N) is 1. The van der Waals surface area contributed by atoms with Crippen molar-refractivity contribution >= 4 is 44.8 Å². The van der Waals surface area contributed by atoms with E-state index in [1.807, 2.05) is 37.3 Å². The van der Waals surface area contributed by atoms with Gasteiger partial charge < -0.3 is 10.1 Å². The largest absolute Gasteiger partial charge is 0.492 e. The first kappa shape index (κ1) is 25.1. The highest BCUT2D eigenvalue weighted by Crippen LogP contribution is 2.28. The summed E-state index contributed by atoms with van der Waals surface area (Å²) in [4.78, 5) is 12.7. The number of amides is 1. The van der Waals surface area contributed by atoms with Crippen LogP contribution in [0.2, 0.25) is 10.0 Å². The van der Waals surface area contributed by atoms with Crippen LogP contribution in [0, 0.1) is 0 Å². The number of anilines is 1. The van der Waals surface area contributed by atoms with Crippen molar-refractivity contribution in [1.29, 1.82) is 0 Å². The van der Waals surface area contributed by atoms with Gasteiger partial charge in [-0.1, -0.05) is 65.7 Å².